The number of carboxylic acids is 1. The van der Waals surface area contributed by atoms with Crippen LogP contribution in [0.2, 0.25) is 0 Å². The van der Waals surface area contributed by atoms with Crippen molar-refractivity contribution in [3.05, 3.63) is 96.2 Å². The van der Waals surface area contributed by atoms with Crippen molar-refractivity contribution in [1.29, 1.82) is 5.41 Å². The minimum absolute atomic E-state index is 0.222. The van der Waals surface area contributed by atoms with Crippen molar-refractivity contribution < 1.29 is 9.90 Å². The molecule has 5 nitrogen and oxygen atoms in total. The molecule has 5 heteroatoms. The summed E-state index contributed by atoms with van der Waals surface area (Å²) < 4.78 is 2.11. The number of fused-ring (bicyclic) bond motifs is 1. The fourth-order valence-corrected chi connectivity index (χ4v) is 2.99. The minimum Gasteiger partial charge on any atom is -0.481 e. The molecule has 0 radical (unpaired) electrons. The molecule has 146 valence electrons. The van der Waals surface area contributed by atoms with Crippen LogP contribution in [0.15, 0.2) is 85.1 Å². The van der Waals surface area contributed by atoms with Gasteiger partial charge < -0.3 is 15.4 Å². The molecule has 0 fully saturated rings. The van der Waals surface area contributed by atoms with E-state index >= 15 is 0 Å². The van der Waals surface area contributed by atoms with Crippen LogP contribution in [-0.4, -0.2) is 21.4 Å². The number of hydrogen-bond acceptors (Lipinski definition) is 3. The highest BCUT2D eigenvalue weighted by Crippen LogP contribution is 2.27. The second-order valence-corrected chi connectivity index (χ2v) is 6.51. The Bertz CT molecular complexity index is 1130. The highest BCUT2D eigenvalue weighted by molar-refractivity contribution is 6.18. The number of carboxylic acid groups (broad SMARTS) is 1. The third-order valence-electron chi connectivity index (χ3n) is 4.52. The van der Waals surface area contributed by atoms with Gasteiger partial charge in [-0.05, 0) is 30.3 Å². The summed E-state index contributed by atoms with van der Waals surface area (Å²) in [5.74, 6) is -0.745. The molecular weight excluding hydrogens is 362 g/mol. The number of carbonyl (C=O) groups is 1. The number of nitrogens with one attached hydrogen (secondary N) is 1. The van der Waals surface area contributed by atoms with Gasteiger partial charge in [-0.1, -0.05) is 55.5 Å². The molecule has 0 unspecified atom stereocenters. The monoisotopic (exact) mass is 385 g/mol. The molecule has 1 aromatic heterocycles. The molecule has 0 atom stereocenters. The number of nitrogen functional groups attached to an aromatic ring is 1. The normalized spacial score (nSPS) is 10.2. The third-order valence-corrected chi connectivity index (χ3v) is 4.52. The van der Waals surface area contributed by atoms with Gasteiger partial charge in [0, 0.05) is 40.5 Å². The molecule has 0 saturated heterocycles. The first-order valence-electron chi connectivity index (χ1n) is 9.33. The van der Waals surface area contributed by atoms with Gasteiger partial charge in [-0.25, -0.2) is 0 Å². The molecule has 29 heavy (non-hydrogen) atoms. The Balaban J connectivity index is 0.000000431. The van der Waals surface area contributed by atoms with Crippen LogP contribution >= 0.6 is 0 Å². The van der Waals surface area contributed by atoms with E-state index in [2.05, 4.69) is 16.7 Å². The summed E-state index contributed by atoms with van der Waals surface area (Å²) in [5, 5.41) is 17.4. The van der Waals surface area contributed by atoms with Crippen LogP contribution in [0.1, 0.15) is 24.5 Å². The van der Waals surface area contributed by atoms with E-state index in [0.29, 0.717) is 5.71 Å². The van der Waals surface area contributed by atoms with Crippen molar-refractivity contribution in [3.63, 3.8) is 0 Å². The van der Waals surface area contributed by atoms with E-state index in [-0.39, 0.29) is 6.42 Å². The van der Waals surface area contributed by atoms with Crippen LogP contribution in [0.25, 0.3) is 16.6 Å². The topological polar surface area (TPSA) is 92.1 Å². The van der Waals surface area contributed by atoms with E-state index < -0.39 is 5.97 Å². The SMILES string of the molecule is CCC(=O)O.N=C(c1ccccc1)c1cn(-c2ccc(N)cc2)c2ccccc12. The zero-order valence-corrected chi connectivity index (χ0v) is 16.2. The molecule has 1 heterocycles. The smallest absolute Gasteiger partial charge is 0.303 e. The number of nitrogens with zero attached hydrogens (tertiary/aromatic N) is 1. The zero-order chi connectivity index (χ0) is 20.8. The molecule has 0 saturated carbocycles. The van der Waals surface area contributed by atoms with Gasteiger partial charge in [0.1, 0.15) is 0 Å². The van der Waals surface area contributed by atoms with Crippen molar-refractivity contribution in [2.45, 2.75) is 13.3 Å². The number of rotatable bonds is 4. The summed E-state index contributed by atoms with van der Waals surface area (Å²) in [6, 6.07) is 25.8. The molecule has 4 rings (SSSR count). The van der Waals surface area contributed by atoms with Gasteiger partial charge >= 0.3 is 5.97 Å². The van der Waals surface area contributed by atoms with Gasteiger partial charge in [0.15, 0.2) is 0 Å². The van der Waals surface area contributed by atoms with Crippen LogP contribution in [0.4, 0.5) is 5.69 Å². The zero-order valence-electron chi connectivity index (χ0n) is 16.2. The molecule has 0 spiro atoms. The first kappa shape index (κ1) is 19.9. The number of anilines is 1. The Morgan fingerprint density at radius 3 is 2.17 bits per heavy atom. The molecule has 3 aromatic carbocycles. The van der Waals surface area contributed by atoms with E-state index in [9.17, 15) is 4.79 Å². The summed E-state index contributed by atoms with van der Waals surface area (Å²) >= 11 is 0. The third kappa shape index (κ3) is 4.52. The van der Waals surface area contributed by atoms with Gasteiger partial charge in [-0.3, -0.25) is 10.2 Å². The number of aliphatic carboxylic acids is 1. The maximum absolute atomic E-state index is 9.37. The standard InChI is InChI=1S/C21H17N3.C3H6O2/c22-16-10-12-17(13-11-16)24-14-19(18-8-4-5-9-20(18)24)21(23)15-6-2-1-3-7-15;1-2-3(4)5/h1-14,23H,22H2;2H2,1H3,(H,4,5). The maximum Gasteiger partial charge on any atom is 0.303 e. The summed E-state index contributed by atoms with van der Waals surface area (Å²) in [7, 11) is 0. The number of hydrogen-bond donors (Lipinski definition) is 3. The molecule has 0 aliphatic carbocycles. The Morgan fingerprint density at radius 1 is 0.966 bits per heavy atom. The molecule has 4 N–H and O–H groups in total. The predicted octanol–water partition coefficient (Wildman–Crippen LogP) is 5.11. The predicted molar refractivity (Wildman–Crippen MR) is 118 cm³/mol. The Hall–Kier alpha value is -3.86. The van der Waals surface area contributed by atoms with Gasteiger partial charge in [0.05, 0.1) is 11.2 Å². The summed E-state index contributed by atoms with van der Waals surface area (Å²) in [4.78, 5) is 9.37. The lowest BCUT2D eigenvalue weighted by atomic mass is 10.0. The molecule has 0 aliphatic heterocycles. The first-order valence-corrected chi connectivity index (χ1v) is 9.33. The second kappa shape index (κ2) is 8.89. The molecule has 4 aromatic rings. The van der Waals surface area contributed by atoms with Gasteiger partial charge in [0.25, 0.3) is 0 Å². The van der Waals surface area contributed by atoms with E-state index in [1.165, 1.54) is 0 Å². The quantitative estimate of drug-likeness (QED) is 0.337. The fraction of sp³-hybridized carbons (Fsp3) is 0.0833. The number of nitrogens with two attached hydrogens (primary N) is 1. The van der Waals surface area contributed by atoms with Crippen LogP contribution in [-0.2, 0) is 4.79 Å². The van der Waals surface area contributed by atoms with Gasteiger partial charge in [-0.15, -0.1) is 0 Å². The van der Waals surface area contributed by atoms with Crippen molar-refractivity contribution >= 4 is 28.3 Å². The number of aromatic nitrogens is 1. The average Bonchev–Trinajstić information content (AvgIpc) is 3.14. The van der Waals surface area contributed by atoms with E-state index in [1.54, 1.807) is 6.92 Å². The Morgan fingerprint density at radius 2 is 1.55 bits per heavy atom. The number of benzene rings is 3. The molecular formula is C24H23N3O2. The van der Waals surface area contributed by atoms with E-state index in [0.717, 1.165) is 33.4 Å². The van der Waals surface area contributed by atoms with Crippen molar-refractivity contribution in [2.75, 3.05) is 5.73 Å². The van der Waals surface area contributed by atoms with Crippen molar-refractivity contribution in [3.8, 4) is 5.69 Å². The maximum atomic E-state index is 9.37. The Kier molecular flexibility index (Phi) is 6.09. The van der Waals surface area contributed by atoms with Gasteiger partial charge in [-0.2, -0.15) is 0 Å². The van der Waals surface area contributed by atoms with Crippen LogP contribution < -0.4 is 5.73 Å². The highest BCUT2D eigenvalue weighted by Gasteiger charge is 2.14. The Labute approximate surface area is 169 Å². The largest absolute Gasteiger partial charge is 0.481 e. The molecule has 0 bridgehead atoms. The van der Waals surface area contributed by atoms with Crippen LogP contribution in [0.5, 0.6) is 0 Å². The lowest BCUT2D eigenvalue weighted by molar-refractivity contribution is -0.136. The van der Waals surface area contributed by atoms with Gasteiger partial charge in [0.2, 0.25) is 0 Å². The fourth-order valence-electron chi connectivity index (χ4n) is 2.99. The highest BCUT2D eigenvalue weighted by atomic mass is 16.4. The lowest BCUT2D eigenvalue weighted by Gasteiger charge is -2.05. The van der Waals surface area contributed by atoms with Crippen molar-refractivity contribution in [2.24, 2.45) is 0 Å². The molecule has 0 aliphatic rings. The van der Waals surface area contributed by atoms with E-state index in [1.807, 2.05) is 72.9 Å². The average molecular weight is 385 g/mol. The lowest BCUT2D eigenvalue weighted by Crippen LogP contribution is -2.00. The first-order chi connectivity index (χ1) is 14.0. The van der Waals surface area contributed by atoms with Crippen LogP contribution in [0.3, 0.4) is 0 Å². The number of para-hydroxylation sites is 1. The summed E-state index contributed by atoms with van der Waals surface area (Å²) in [6.07, 6.45) is 2.26. The summed E-state index contributed by atoms with van der Waals surface area (Å²) in [5.41, 5.74) is 11.0. The van der Waals surface area contributed by atoms with Crippen LogP contribution in [0, 0.1) is 5.41 Å². The summed E-state index contributed by atoms with van der Waals surface area (Å²) in [6.45, 7) is 1.60. The molecule has 0 amide bonds. The van der Waals surface area contributed by atoms with Crippen molar-refractivity contribution in [1.82, 2.24) is 4.57 Å². The van der Waals surface area contributed by atoms with E-state index in [4.69, 9.17) is 16.2 Å². The minimum atomic E-state index is -0.745. The second-order valence-electron chi connectivity index (χ2n) is 6.51.